The summed E-state index contributed by atoms with van der Waals surface area (Å²) in [5.41, 5.74) is 5.65. The number of amides is 1. The molecule has 2 aromatic heterocycles. The second-order valence-electron chi connectivity index (χ2n) is 8.99. The van der Waals surface area contributed by atoms with Crippen LogP contribution in [-0.2, 0) is 24.9 Å². The molecular formula is C25H31N7O. The summed E-state index contributed by atoms with van der Waals surface area (Å²) in [6, 6.07) is 8.41. The maximum absolute atomic E-state index is 11.9. The Bertz CT molecular complexity index is 1120. The van der Waals surface area contributed by atoms with Crippen molar-refractivity contribution in [3.8, 4) is 11.3 Å². The van der Waals surface area contributed by atoms with E-state index in [-0.39, 0.29) is 5.91 Å². The quantitative estimate of drug-likeness (QED) is 0.581. The third-order valence-corrected chi connectivity index (χ3v) is 6.85. The zero-order chi connectivity index (χ0) is 22.8. The minimum atomic E-state index is 0.258. The molecule has 8 nitrogen and oxygen atoms in total. The Morgan fingerprint density at radius 3 is 2.36 bits per heavy atom. The highest BCUT2D eigenvalue weighted by Gasteiger charge is 2.23. The number of benzene rings is 1. The zero-order valence-corrected chi connectivity index (χ0v) is 19.4. The van der Waals surface area contributed by atoms with Crippen LogP contribution in [0.1, 0.15) is 29.7 Å². The highest BCUT2D eigenvalue weighted by atomic mass is 16.2. The van der Waals surface area contributed by atoms with Gasteiger partial charge in [0.15, 0.2) is 5.82 Å². The van der Waals surface area contributed by atoms with Crippen LogP contribution >= 0.6 is 0 Å². The summed E-state index contributed by atoms with van der Waals surface area (Å²) < 4.78 is 1.94. The third-order valence-electron chi connectivity index (χ3n) is 6.85. The minimum Gasteiger partial charge on any atom is -0.352 e. The highest BCUT2D eigenvalue weighted by molar-refractivity contribution is 5.78. The van der Waals surface area contributed by atoms with Crippen molar-refractivity contribution < 1.29 is 4.79 Å². The molecule has 0 aliphatic carbocycles. The molecule has 3 aromatic rings. The van der Waals surface area contributed by atoms with E-state index < -0.39 is 0 Å². The van der Waals surface area contributed by atoms with Gasteiger partial charge in [0.2, 0.25) is 5.91 Å². The van der Waals surface area contributed by atoms with E-state index in [1.54, 1.807) is 12.4 Å². The van der Waals surface area contributed by atoms with Crippen LogP contribution in [0.4, 0.5) is 5.82 Å². The van der Waals surface area contributed by atoms with E-state index in [4.69, 9.17) is 4.98 Å². The summed E-state index contributed by atoms with van der Waals surface area (Å²) in [6.45, 7) is 8.40. The Hall–Kier alpha value is -3.26. The molecule has 172 valence electrons. The standard InChI is InChI=1S/C25H31N7O/c1-19-22(16-28-29(19)2)18-30-12-14-31(15-13-30)25-24(26-9-10-27-25)21-7-5-20(6-8-21)17-32-11-3-4-23(32)33/h5-10,16H,3-4,11-15,17-18H2,1-2H3. The number of anilines is 1. The fourth-order valence-electron chi connectivity index (χ4n) is 4.68. The molecular weight excluding hydrogens is 414 g/mol. The lowest BCUT2D eigenvalue weighted by molar-refractivity contribution is -0.128. The van der Waals surface area contributed by atoms with Crippen molar-refractivity contribution >= 4 is 11.7 Å². The summed E-state index contributed by atoms with van der Waals surface area (Å²) in [5.74, 6) is 1.20. The average Bonchev–Trinajstić information content (AvgIpc) is 3.40. The maximum Gasteiger partial charge on any atom is 0.222 e. The normalized spacial score (nSPS) is 17.2. The monoisotopic (exact) mass is 445 g/mol. The fourth-order valence-corrected chi connectivity index (χ4v) is 4.68. The van der Waals surface area contributed by atoms with Crippen LogP contribution in [0.15, 0.2) is 42.9 Å². The highest BCUT2D eigenvalue weighted by Crippen LogP contribution is 2.28. The van der Waals surface area contributed by atoms with Gasteiger partial charge in [0.1, 0.15) is 5.69 Å². The summed E-state index contributed by atoms with van der Waals surface area (Å²) in [5, 5.41) is 4.37. The number of hydrogen-bond acceptors (Lipinski definition) is 6. The lowest BCUT2D eigenvalue weighted by Crippen LogP contribution is -2.46. The predicted octanol–water partition coefficient (Wildman–Crippen LogP) is 2.63. The van der Waals surface area contributed by atoms with Gasteiger partial charge in [-0.05, 0) is 18.9 Å². The maximum atomic E-state index is 11.9. The minimum absolute atomic E-state index is 0.258. The van der Waals surface area contributed by atoms with Gasteiger partial charge in [-0.3, -0.25) is 19.4 Å². The number of hydrogen-bond donors (Lipinski definition) is 0. The van der Waals surface area contributed by atoms with Crippen molar-refractivity contribution in [1.82, 2.24) is 29.5 Å². The number of rotatable bonds is 6. The molecule has 1 amide bonds. The van der Waals surface area contributed by atoms with Gasteiger partial charge >= 0.3 is 0 Å². The van der Waals surface area contributed by atoms with Gasteiger partial charge < -0.3 is 9.80 Å². The zero-order valence-electron chi connectivity index (χ0n) is 19.4. The van der Waals surface area contributed by atoms with E-state index in [1.165, 1.54) is 11.3 Å². The molecule has 0 saturated carbocycles. The molecule has 2 saturated heterocycles. The number of nitrogens with zero attached hydrogens (tertiary/aromatic N) is 7. The first-order valence-corrected chi connectivity index (χ1v) is 11.7. The van der Waals surface area contributed by atoms with Gasteiger partial charge in [0.05, 0.1) is 6.20 Å². The molecule has 0 radical (unpaired) electrons. The second-order valence-corrected chi connectivity index (χ2v) is 8.99. The van der Waals surface area contributed by atoms with E-state index in [0.29, 0.717) is 13.0 Å². The predicted molar refractivity (Wildman–Crippen MR) is 128 cm³/mol. The van der Waals surface area contributed by atoms with Crippen LogP contribution in [-0.4, -0.2) is 68.2 Å². The van der Waals surface area contributed by atoms with Crippen molar-refractivity contribution in [2.75, 3.05) is 37.6 Å². The smallest absolute Gasteiger partial charge is 0.222 e. The average molecular weight is 446 g/mol. The molecule has 33 heavy (non-hydrogen) atoms. The Morgan fingerprint density at radius 2 is 1.70 bits per heavy atom. The van der Waals surface area contributed by atoms with Gasteiger partial charge in [0.25, 0.3) is 0 Å². The van der Waals surface area contributed by atoms with Crippen molar-refractivity contribution in [3.63, 3.8) is 0 Å². The van der Waals surface area contributed by atoms with E-state index in [0.717, 1.165) is 68.3 Å². The van der Waals surface area contributed by atoms with E-state index in [2.05, 4.69) is 51.1 Å². The van der Waals surface area contributed by atoms with Crippen molar-refractivity contribution in [1.29, 1.82) is 0 Å². The second kappa shape index (κ2) is 9.31. The molecule has 5 rings (SSSR count). The van der Waals surface area contributed by atoms with Crippen LogP contribution in [0.5, 0.6) is 0 Å². The first kappa shape index (κ1) is 21.6. The summed E-state index contributed by atoms with van der Waals surface area (Å²) in [4.78, 5) is 28.1. The summed E-state index contributed by atoms with van der Waals surface area (Å²) in [7, 11) is 1.99. The summed E-state index contributed by atoms with van der Waals surface area (Å²) in [6.07, 6.45) is 7.16. The number of aryl methyl sites for hydroxylation is 1. The Kier molecular flexibility index (Phi) is 6.09. The first-order chi connectivity index (χ1) is 16.1. The fraction of sp³-hybridized carbons (Fsp3) is 0.440. The molecule has 0 unspecified atom stereocenters. The van der Waals surface area contributed by atoms with Gasteiger partial charge in [0, 0.05) is 88.5 Å². The molecule has 2 aliphatic rings. The number of carbonyl (C=O) groups is 1. The van der Waals surface area contributed by atoms with Gasteiger partial charge in [-0.15, -0.1) is 0 Å². The van der Waals surface area contributed by atoms with Crippen LogP contribution in [0.2, 0.25) is 0 Å². The molecule has 0 spiro atoms. The number of carbonyl (C=O) groups excluding carboxylic acids is 1. The number of likely N-dealkylation sites (tertiary alicyclic amines) is 1. The summed E-state index contributed by atoms with van der Waals surface area (Å²) >= 11 is 0. The Labute approximate surface area is 194 Å². The van der Waals surface area contributed by atoms with Gasteiger partial charge in [-0.25, -0.2) is 4.98 Å². The third kappa shape index (κ3) is 4.61. The van der Waals surface area contributed by atoms with Gasteiger partial charge in [-0.1, -0.05) is 24.3 Å². The molecule has 0 N–H and O–H groups in total. The lowest BCUT2D eigenvalue weighted by atomic mass is 10.1. The van der Waals surface area contributed by atoms with Crippen LogP contribution in [0.3, 0.4) is 0 Å². The molecule has 1 aromatic carbocycles. The van der Waals surface area contributed by atoms with Crippen molar-refractivity contribution in [2.45, 2.75) is 32.9 Å². The number of piperazine rings is 1. The Morgan fingerprint density at radius 1 is 0.939 bits per heavy atom. The lowest BCUT2D eigenvalue weighted by Gasteiger charge is -2.35. The van der Waals surface area contributed by atoms with Crippen molar-refractivity contribution in [2.24, 2.45) is 7.05 Å². The molecule has 8 heteroatoms. The van der Waals surface area contributed by atoms with E-state index in [1.807, 2.05) is 22.8 Å². The first-order valence-electron chi connectivity index (χ1n) is 11.7. The largest absolute Gasteiger partial charge is 0.352 e. The van der Waals surface area contributed by atoms with Crippen LogP contribution in [0.25, 0.3) is 11.3 Å². The molecule has 2 aliphatic heterocycles. The van der Waals surface area contributed by atoms with E-state index in [9.17, 15) is 4.79 Å². The SMILES string of the molecule is Cc1c(CN2CCN(c3nccnc3-c3ccc(CN4CCCC4=O)cc3)CC2)cnn1C. The molecule has 0 atom stereocenters. The van der Waals surface area contributed by atoms with E-state index >= 15 is 0 Å². The Balaban J connectivity index is 1.25. The topological polar surface area (TPSA) is 70.4 Å². The molecule has 0 bridgehead atoms. The van der Waals surface area contributed by atoms with Crippen LogP contribution < -0.4 is 4.90 Å². The van der Waals surface area contributed by atoms with Crippen molar-refractivity contribution in [3.05, 3.63) is 59.7 Å². The molecule has 4 heterocycles. The number of aromatic nitrogens is 4. The van der Waals surface area contributed by atoms with Crippen LogP contribution in [0, 0.1) is 6.92 Å². The molecule has 2 fully saturated rings. The van der Waals surface area contributed by atoms with Gasteiger partial charge in [-0.2, -0.15) is 5.10 Å².